The summed E-state index contributed by atoms with van der Waals surface area (Å²) in [6, 6.07) is 18.4. The number of unbranched alkanes of at least 4 members (excludes halogenated alkanes) is 2. The lowest BCUT2D eigenvalue weighted by molar-refractivity contribution is -0.137. The summed E-state index contributed by atoms with van der Waals surface area (Å²) in [6.07, 6.45) is 12.4. The molecule has 0 spiro atoms. The third-order valence-electron chi connectivity index (χ3n) is 13.9. The highest BCUT2D eigenvalue weighted by Crippen LogP contribution is 2.42. The van der Waals surface area contributed by atoms with Gasteiger partial charge in [-0.15, -0.1) is 0 Å². The van der Waals surface area contributed by atoms with E-state index < -0.39 is 7.14 Å². The van der Waals surface area contributed by atoms with Crippen molar-refractivity contribution in [3.05, 3.63) is 89.3 Å². The summed E-state index contributed by atoms with van der Waals surface area (Å²) in [5.41, 5.74) is 8.22. The number of aryl methyl sites for hydroxylation is 1. The van der Waals surface area contributed by atoms with Gasteiger partial charge >= 0.3 is 0 Å². The highest BCUT2D eigenvalue weighted by molar-refractivity contribution is 7.70. The minimum Gasteiger partial charge on any atom is -0.494 e. The number of hydrogen-bond donors (Lipinski definition) is 4. The monoisotopic (exact) mass is 962 g/mol. The summed E-state index contributed by atoms with van der Waals surface area (Å²) >= 11 is 6.59. The molecule has 2 aromatic heterocycles. The fourth-order valence-corrected chi connectivity index (χ4v) is 11.6. The molecule has 4 aliphatic rings. The Kier molecular flexibility index (Phi) is 14.7. The molecule has 5 aromatic rings. The lowest BCUT2D eigenvalue weighted by Gasteiger charge is -2.43. The summed E-state index contributed by atoms with van der Waals surface area (Å²) in [6.45, 7) is 13.1. The second kappa shape index (κ2) is 21.0. The third-order valence-corrected chi connectivity index (χ3v) is 15.7. The number of piperidine rings is 2. The van der Waals surface area contributed by atoms with Gasteiger partial charge in [-0.3, -0.25) is 29.4 Å². The fourth-order valence-electron chi connectivity index (χ4n) is 10.3. The standard InChI is InChI=1S/C50H64ClN12O4P/c1-59-31-35(29-54-59)37-27-42(56-50-53-30-39(51)48(58-50)55-41-12-6-7-14-46(41)68(3,4)66)45(67-2)28-44(37)62-25-23-61(24-26-62)36-17-21-60(22-18-36)20-9-5-8-19-52-40-13-10-11-34-32-63(33-38(34)40)43-15-16-47(64)57-49(43)65/h6-7,10-14,27-31,36,43,52H,5,8-9,15-26,32-33H2,1-4H3,(H,57,64,65)(H2,53,55,56,58). The first-order chi connectivity index (χ1) is 32.9. The van der Waals surface area contributed by atoms with Crippen LogP contribution >= 0.6 is 18.7 Å². The number of aromatic nitrogens is 4. The van der Waals surface area contributed by atoms with E-state index >= 15 is 0 Å². The molecule has 0 aliphatic carbocycles. The lowest BCUT2D eigenvalue weighted by Crippen LogP contribution is -2.53. The second-order valence-electron chi connectivity index (χ2n) is 18.9. The van der Waals surface area contributed by atoms with Crippen LogP contribution in [-0.2, 0) is 34.3 Å². The number of carbonyl (C=O) groups is 2. The topological polar surface area (TPSA) is 165 Å². The van der Waals surface area contributed by atoms with Gasteiger partial charge in [0.05, 0.1) is 36.9 Å². The number of benzene rings is 3. The number of nitrogens with zero attached hydrogens (tertiary/aromatic N) is 8. The number of hydrogen-bond acceptors (Lipinski definition) is 14. The molecule has 18 heteroatoms. The van der Waals surface area contributed by atoms with Gasteiger partial charge < -0.3 is 35.1 Å². The van der Waals surface area contributed by atoms with Crippen LogP contribution < -0.4 is 36.2 Å². The molecule has 68 heavy (non-hydrogen) atoms. The molecule has 9 rings (SSSR count). The number of anilines is 6. The predicted octanol–water partition coefficient (Wildman–Crippen LogP) is 7.26. The Labute approximate surface area is 404 Å². The molecule has 0 radical (unpaired) electrons. The van der Waals surface area contributed by atoms with Gasteiger partial charge in [-0.25, -0.2) is 4.98 Å². The van der Waals surface area contributed by atoms with Gasteiger partial charge in [0.1, 0.15) is 17.9 Å². The average Bonchev–Trinajstić information content (AvgIpc) is 3.98. The van der Waals surface area contributed by atoms with Crippen molar-refractivity contribution < 1.29 is 18.9 Å². The molecule has 3 saturated heterocycles. The van der Waals surface area contributed by atoms with Crippen molar-refractivity contribution in [1.82, 2.24) is 39.8 Å². The number of likely N-dealkylation sites (tertiary alicyclic amines) is 1. The van der Waals surface area contributed by atoms with Crippen molar-refractivity contribution in [2.45, 2.75) is 70.1 Å². The van der Waals surface area contributed by atoms with Crippen molar-refractivity contribution in [2.24, 2.45) is 7.05 Å². The zero-order chi connectivity index (χ0) is 47.4. The molecule has 6 heterocycles. The number of nitrogens with one attached hydrogen (secondary N) is 4. The number of ether oxygens (including phenoxy) is 1. The minimum atomic E-state index is -2.58. The van der Waals surface area contributed by atoms with E-state index in [0.29, 0.717) is 58.1 Å². The molecule has 360 valence electrons. The Hall–Kier alpha value is -5.51. The zero-order valence-corrected chi connectivity index (χ0v) is 41.3. The first-order valence-electron chi connectivity index (χ1n) is 24.0. The molecule has 1 atom stereocenters. The molecule has 1 unspecified atom stereocenters. The fraction of sp³-hybridized carbons (Fsp3) is 0.460. The third kappa shape index (κ3) is 11.0. The van der Waals surface area contributed by atoms with Crippen molar-refractivity contribution in [2.75, 3.05) is 93.6 Å². The number of amides is 2. The molecule has 3 aromatic carbocycles. The van der Waals surface area contributed by atoms with Gasteiger partial charge in [0, 0.05) is 105 Å². The Morgan fingerprint density at radius 3 is 2.41 bits per heavy atom. The van der Waals surface area contributed by atoms with Crippen LogP contribution in [-0.4, -0.2) is 131 Å². The van der Waals surface area contributed by atoms with Gasteiger partial charge in [-0.2, -0.15) is 10.1 Å². The van der Waals surface area contributed by atoms with E-state index in [2.05, 4.69) is 81.3 Å². The number of carbonyl (C=O) groups excluding carboxylic acids is 2. The van der Waals surface area contributed by atoms with E-state index in [4.69, 9.17) is 21.3 Å². The number of methoxy groups -OCH3 is 1. The molecule has 16 nitrogen and oxygen atoms in total. The van der Waals surface area contributed by atoms with Crippen LogP contribution in [0.15, 0.2) is 73.2 Å². The number of imide groups is 1. The Balaban J connectivity index is 0.755. The maximum absolute atomic E-state index is 13.1. The van der Waals surface area contributed by atoms with Crippen molar-refractivity contribution in [3.8, 4) is 16.9 Å². The molecule has 4 N–H and O–H groups in total. The SMILES string of the molecule is COc1cc(N2CCN(C3CCN(CCCCCNc4cccc5c4CN(C4CCC(=O)NC4=O)C5)CC3)CC2)c(-c2cnn(C)c2)cc1Nc1ncc(Cl)c(Nc2ccccc2P(C)(C)=O)n1. The molecule has 2 amide bonds. The summed E-state index contributed by atoms with van der Waals surface area (Å²) < 4.78 is 20.9. The van der Waals surface area contributed by atoms with Gasteiger partial charge in [-0.1, -0.05) is 42.3 Å². The van der Waals surface area contributed by atoms with Crippen molar-refractivity contribution in [3.63, 3.8) is 0 Å². The van der Waals surface area contributed by atoms with Crippen LogP contribution in [0.4, 0.5) is 34.5 Å². The number of halogens is 1. The summed E-state index contributed by atoms with van der Waals surface area (Å²) in [5.74, 6) is 1.05. The molecular weight excluding hydrogens is 899 g/mol. The number of fused-ring (bicyclic) bond motifs is 1. The Morgan fingerprint density at radius 2 is 1.66 bits per heavy atom. The number of para-hydroxylation sites is 1. The molecule has 4 aliphatic heterocycles. The van der Waals surface area contributed by atoms with Crippen LogP contribution in [0.25, 0.3) is 11.1 Å². The number of piperazine rings is 1. The van der Waals surface area contributed by atoms with Gasteiger partial charge in [0.25, 0.3) is 0 Å². The number of rotatable bonds is 17. The van der Waals surface area contributed by atoms with Gasteiger partial charge in [0.2, 0.25) is 17.8 Å². The van der Waals surface area contributed by atoms with Crippen LogP contribution in [0.2, 0.25) is 5.02 Å². The van der Waals surface area contributed by atoms with E-state index in [1.54, 1.807) is 26.6 Å². The minimum absolute atomic E-state index is 0.165. The van der Waals surface area contributed by atoms with E-state index in [-0.39, 0.29) is 17.9 Å². The van der Waals surface area contributed by atoms with E-state index in [0.717, 1.165) is 88.7 Å². The summed E-state index contributed by atoms with van der Waals surface area (Å²) in [7, 11) is 1.03. The second-order valence-corrected chi connectivity index (χ2v) is 22.5. The summed E-state index contributed by atoms with van der Waals surface area (Å²) in [5, 5.41) is 18.5. The lowest BCUT2D eigenvalue weighted by atomic mass is 10.0. The normalized spacial score (nSPS) is 18.7. The zero-order valence-electron chi connectivity index (χ0n) is 39.6. The van der Waals surface area contributed by atoms with E-state index in [1.165, 1.54) is 42.5 Å². The van der Waals surface area contributed by atoms with Crippen molar-refractivity contribution >= 4 is 70.4 Å². The first kappa shape index (κ1) is 47.6. The smallest absolute Gasteiger partial charge is 0.243 e. The summed E-state index contributed by atoms with van der Waals surface area (Å²) in [4.78, 5) is 43.4. The maximum Gasteiger partial charge on any atom is 0.243 e. The Bertz CT molecular complexity index is 2660. The first-order valence-corrected chi connectivity index (χ1v) is 26.9. The van der Waals surface area contributed by atoms with Gasteiger partial charge in [0.15, 0.2) is 5.82 Å². The van der Waals surface area contributed by atoms with Gasteiger partial charge in [-0.05, 0) is 100 Å². The predicted molar refractivity (Wildman–Crippen MR) is 272 cm³/mol. The average molecular weight is 964 g/mol. The van der Waals surface area contributed by atoms with Crippen LogP contribution in [0.1, 0.15) is 56.1 Å². The Morgan fingerprint density at radius 1 is 0.868 bits per heavy atom. The maximum atomic E-state index is 13.1. The quantitative estimate of drug-likeness (QED) is 0.0418. The molecule has 0 saturated carbocycles. The molecule has 3 fully saturated rings. The molecular formula is C50H64ClN12O4P. The highest BCUT2D eigenvalue weighted by Gasteiger charge is 2.36. The largest absolute Gasteiger partial charge is 0.494 e. The van der Waals surface area contributed by atoms with Crippen LogP contribution in [0.5, 0.6) is 5.75 Å². The van der Waals surface area contributed by atoms with Crippen molar-refractivity contribution in [1.29, 1.82) is 0 Å². The van der Waals surface area contributed by atoms with Crippen LogP contribution in [0.3, 0.4) is 0 Å². The molecule has 0 bridgehead atoms. The van der Waals surface area contributed by atoms with E-state index in [9.17, 15) is 14.2 Å². The van der Waals surface area contributed by atoms with E-state index in [1.807, 2.05) is 48.4 Å². The highest BCUT2D eigenvalue weighted by atomic mass is 35.5. The van der Waals surface area contributed by atoms with Crippen LogP contribution in [0, 0.1) is 0 Å².